The fourth-order valence-electron chi connectivity index (χ4n) is 2.22. The molecule has 1 aromatic heterocycles. The minimum Gasteiger partial charge on any atom is -0.496 e. The van der Waals surface area contributed by atoms with E-state index < -0.39 is 7.12 Å². The number of aromatic nitrogens is 2. The number of hydrogen-bond donors (Lipinski definition) is 2. The minimum atomic E-state index is -1.48. The largest absolute Gasteiger partial charge is 0.496 e. The van der Waals surface area contributed by atoms with Crippen molar-refractivity contribution in [1.82, 2.24) is 14.5 Å². The number of benzene rings is 1. The Morgan fingerprint density at radius 1 is 1.33 bits per heavy atom. The van der Waals surface area contributed by atoms with Gasteiger partial charge in [0.05, 0.1) is 13.7 Å². The molecule has 0 aliphatic carbocycles. The zero-order valence-electron chi connectivity index (χ0n) is 12.5. The van der Waals surface area contributed by atoms with Gasteiger partial charge in [-0.1, -0.05) is 12.1 Å². The molecule has 112 valence electrons. The molecular weight excluding hydrogens is 269 g/mol. The summed E-state index contributed by atoms with van der Waals surface area (Å²) >= 11 is 0. The Morgan fingerprint density at radius 2 is 2.10 bits per heavy atom. The highest BCUT2D eigenvalue weighted by Crippen LogP contribution is 2.18. The second kappa shape index (κ2) is 6.75. The molecule has 0 unspecified atom stereocenters. The second-order valence-electron chi connectivity index (χ2n) is 5.07. The summed E-state index contributed by atoms with van der Waals surface area (Å²) in [7, 11) is 4.07. The maximum atomic E-state index is 9.28. The molecule has 7 heteroatoms. The van der Waals surface area contributed by atoms with E-state index in [4.69, 9.17) is 4.74 Å². The van der Waals surface area contributed by atoms with Crippen LogP contribution in [0, 0.1) is 0 Å². The molecule has 21 heavy (non-hydrogen) atoms. The average Bonchev–Trinajstić information content (AvgIpc) is 2.84. The van der Waals surface area contributed by atoms with Gasteiger partial charge in [0.1, 0.15) is 11.6 Å². The first kappa shape index (κ1) is 15.6. The van der Waals surface area contributed by atoms with E-state index in [1.165, 1.54) is 0 Å². The summed E-state index contributed by atoms with van der Waals surface area (Å²) in [5, 5.41) is 18.6. The van der Waals surface area contributed by atoms with Gasteiger partial charge < -0.3 is 19.4 Å². The molecule has 2 rings (SSSR count). The van der Waals surface area contributed by atoms with Gasteiger partial charge in [0.2, 0.25) is 0 Å². The van der Waals surface area contributed by atoms with Crippen LogP contribution in [-0.4, -0.2) is 45.8 Å². The lowest BCUT2D eigenvalue weighted by Crippen LogP contribution is -2.30. The smallest absolute Gasteiger partial charge is 0.488 e. The molecule has 0 radical (unpaired) electrons. The van der Waals surface area contributed by atoms with E-state index in [-0.39, 0.29) is 0 Å². The second-order valence-corrected chi connectivity index (χ2v) is 5.07. The van der Waals surface area contributed by atoms with Gasteiger partial charge in [-0.25, -0.2) is 4.98 Å². The molecule has 6 nitrogen and oxygen atoms in total. The van der Waals surface area contributed by atoms with Gasteiger partial charge in [0, 0.05) is 31.5 Å². The van der Waals surface area contributed by atoms with Gasteiger partial charge in [0.25, 0.3) is 0 Å². The number of hydrogen-bond acceptors (Lipinski definition) is 5. The van der Waals surface area contributed by atoms with Crippen LogP contribution in [0.3, 0.4) is 0 Å². The molecule has 0 fully saturated rings. The molecule has 1 heterocycles. The van der Waals surface area contributed by atoms with Crippen molar-refractivity contribution in [2.75, 3.05) is 14.2 Å². The maximum Gasteiger partial charge on any atom is 0.488 e. The predicted molar refractivity (Wildman–Crippen MR) is 81.2 cm³/mol. The highest BCUT2D eigenvalue weighted by Gasteiger charge is 2.15. The number of nitrogens with zero attached hydrogens (tertiary/aromatic N) is 3. The number of aryl methyl sites for hydroxylation is 1. The first-order valence-corrected chi connectivity index (χ1v) is 6.69. The maximum absolute atomic E-state index is 9.28. The standard InChI is InChI=1S/C14H20BN3O3/c1-17(10-14-16-6-7-18(14)2)9-11-8-12(15(19)20)4-5-13(11)21-3/h4-8,19-20H,9-10H2,1-3H3. The van der Waals surface area contributed by atoms with Crippen molar-refractivity contribution in [3.8, 4) is 5.75 Å². The number of rotatable bonds is 6. The van der Waals surface area contributed by atoms with E-state index in [1.807, 2.05) is 24.9 Å². The lowest BCUT2D eigenvalue weighted by atomic mass is 9.79. The highest BCUT2D eigenvalue weighted by molar-refractivity contribution is 6.58. The third kappa shape index (κ3) is 3.84. The molecule has 0 spiro atoms. The quantitative estimate of drug-likeness (QED) is 0.717. The van der Waals surface area contributed by atoms with Crippen LogP contribution in [0.2, 0.25) is 0 Å². The lowest BCUT2D eigenvalue weighted by molar-refractivity contribution is 0.299. The highest BCUT2D eigenvalue weighted by atomic mass is 16.5. The monoisotopic (exact) mass is 289 g/mol. The lowest BCUT2D eigenvalue weighted by Gasteiger charge is -2.19. The van der Waals surface area contributed by atoms with Crippen molar-refractivity contribution in [2.24, 2.45) is 7.05 Å². The van der Waals surface area contributed by atoms with E-state index in [9.17, 15) is 10.0 Å². The van der Waals surface area contributed by atoms with Crippen LogP contribution >= 0.6 is 0 Å². The third-order valence-electron chi connectivity index (χ3n) is 3.38. The summed E-state index contributed by atoms with van der Waals surface area (Å²) in [4.78, 5) is 6.39. The Morgan fingerprint density at radius 3 is 2.67 bits per heavy atom. The number of imidazole rings is 1. The van der Waals surface area contributed by atoms with Gasteiger partial charge >= 0.3 is 7.12 Å². The van der Waals surface area contributed by atoms with Crippen LogP contribution in [0.1, 0.15) is 11.4 Å². The molecular formula is C14H20BN3O3. The van der Waals surface area contributed by atoms with Crippen LogP contribution in [0.5, 0.6) is 5.75 Å². The Labute approximate surface area is 124 Å². The van der Waals surface area contributed by atoms with Gasteiger partial charge in [-0.3, -0.25) is 4.90 Å². The topological polar surface area (TPSA) is 70.8 Å². The van der Waals surface area contributed by atoms with Crippen LogP contribution in [0.4, 0.5) is 0 Å². The minimum absolute atomic E-state index is 0.455. The van der Waals surface area contributed by atoms with Crippen molar-refractivity contribution in [1.29, 1.82) is 0 Å². The summed E-state index contributed by atoms with van der Waals surface area (Å²) < 4.78 is 7.30. The Kier molecular flexibility index (Phi) is 5.00. The van der Waals surface area contributed by atoms with Crippen molar-refractivity contribution in [3.05, 3.63) is 42.0 Å². The summed E-state index contributed by atoms with van der Waals surface area (Å²) in [5.74, 6) is 1.70. The summed E-state index contributed by atoms with van der Waals surface area (Å²) in [6.45, 7) is 1.31. The van der Waals surface area contributed by atoms with Crippen LogP contribution < -0.4 is 10.2 Å². The predicted octanol–water partition coefficient (Wildman–Crippen LogP) is -0.260. The fourth-order valence-corrected chi connectivity index (χ4v) is 2.22. The van der Waals surface area contributed by atoms with Crippen molar-refractivity contribution in [2.45, 2.75) is 13.1 Å². The molecule has 0 bridgehead atoms. The summed E-state index contributed by atoms with van der Waals surface area (Å²) in [6, 6.07) is 5.14. The first-order valence-electron chi connectivity index (χ1n) is 6.69. The summed E-state index contributed by atoms with van der Waals surface area (Å²) in [5.41, 5.74) is 1.36. The third-order valence-corrected chi connectivity index (χ3v) is 3.38. The van der Waals surface area contributed by atoms with Gasteiger partial charge in [0.15, 0.2) is 0 Å². The number of ether oxygens (including phenoxy) is 1. The van der Waals surface area contributed by atoms with E-state index in [2.05, 4.69) is 9.88 Å². The molecule has 0 atom stereocenters. The molecule has 0 aliphatic heterocycles. The number of methoxy groups -OCH3 is 1. The van der Waals surface area contributed by atoms with E-state index in [1.54, 1.807) is 31.5 Å². The zero-order chi connectivity index (χ0) is 15.4. The van der Waals surface area contributed by atoms with Crippen molar-refractivity contribution < 1.29 is 14.8 Å². The van der Waals surface area contributed by atoms with E-state index in [0.717, 1.165) is 17.1 Å². The Bertz CT molecular complexity index is 601. The fraction of sp³-hybridized carbons (Fsp3) is 0.357. The molecule has 0 aliphatic rings. The van der Waals surface area contributed by atoms with Gasteiger partial charge in [-0.2, -0.15) is 0 Å². The Balaban J connectivity index is 2.13. The average molecular weight is 289 g/mol. The van der Waals surface area contributed by atoms with E-state index >= 15 is 0 Å². The molecule has 0 saturated carbocycles. The van der Waals surface area contributed by atoms with Crippen LogP contribution in [-0.2, 0) is 20.1 Å². The van der Waals surface area contributed by atoms with Crippen LogP contribution in [0.25, 0.3) is 0 Å². The molecule has 0 saturated heterocycles. The van der Waals surface area contributed by atoms with Gasteiger partial charge in [-0.05, 0) is 18.6 Å². The van der Waals surface area contributed by atoms with Gasteiger partial charge in [-0.15, -0.1) is 0 Å². The summed E-state index contributed by atoms with van der Waals surface area (Å²) in [6.07, 6.45) is 3.68. The SMILES string of the molecule is COc1ccc(B(O)O)cc1CN(C)Cc1nccn1C. The zero-order valence-corrected chi connectivity index (χ0v) is 12.5. The molecule has 0 amide bonds. The molecule has 2 N–H and O–H groups in total. The van der Waals surface area contributed by atoms with Crippen LogP contribution in [0.15, 0.2) is 30.6 Å². The molecule has 1 aromatic carbocycles. The molecule has 2 aromatic rings. The normalized spacial score (nSPS) is 11.0. The Hall–Kier alpha value is -1.83. The first-order chi connectivity index (χ1) is 10.0. The van der Waals surface area contributed by atoms with Crippen molar-refractivity contribution >= 4 is 12.6 Å². The van der Waals surface area contributed by atoms with E-state index in [0.29, 0.717) is 18.6 Å². The van der Waals surface area contributed by atoms with Crippen molar-refractivity contribution in [3.63, 3.8) is 0 Å².